The molecule has 0 aromatic carbocycles. The normalized spacial score (nSPS) is 13.7. The van der Waals surface area contributed by atoms with Gasteiger partial charge in [-0.25, -0.2) is 4.98 Å². The van der Waals surface area contributed by atoms with Gasteiger partial charge in [-0.15, -0.1) is 22.7 Å². The highest BCUT2D eigenvalue weighted by atomic mass is 32.1. The van der Waals surface area contributed by atoms with Crippen molar-refractivity contribution >= 4 is 39.5 Å². The van der Waals surface area contributed by atoms with Crippen LogP contribution in [0.4, 0.5) is 5.13 Å². The number of carbonyl (C=O) groups is 2. The zero-order valence-electron chi connectivity index (χ0n) is 11.6. The summed E-state index contributed by atoms with van der Waals surface area (Å²) in [5, 5.41) is 5.36. The molecule has 2 aromatic heterocycles. The van der Waals surface area contributed by atoms with Crippen LogP contribution in [0.2, 0.25) is 0 Å². The number of thiazole rings is 1. The molecule has 1 aliphatic rings. The maximum atomic E-state index is 11.9. The zero-order chi connectivity index (χ0) is 14.7. The van der Waals surface area contributed by atoms with Gasteiger partial charge in [-0.2, -0.15) is 0 Å². The summed E-state index contributed by atoms with van der Waals surface area (Å²) in [5.41, 5.74) is 1.14. The lowest BCUT2D eigenvalue weighted by molar-refractivity contribution is -0.116. The Labute approximate surface area is 131 Å². The number of hydrogen-bond acceptors (Lipinski definition) is 5. The van der Waals surface area contributed by atoms with Gasteiger partial charge in [-0.1, -0.05) is 6.07 Å². The van der Waals surface area contributed by atoms with E-state index in [1.807, 2.05) is 11.4 Å². The van der Waals surface area contributed by atoms with Crippen LogP contribution in [0.5, 0.6) is 0 Å². The van der Waals surface area contributed by atoms with E-state index in [9.17, 15) is 9.59 Å². The fourth-order valence-electron chi connectivity index (χ4n) is 2.37. The molecule has 0 fully saturated rings. The number of rotatable bonds is 5. The number of ketones is 1. The van der Waals surface area contributed by atoms with E-state index in [4.69, 9.17) is 0 Å². The van der Waals surface area contributed by atoms with Crippen molar-refractivity contribution in [1.29, 1.82) is 0 Å². The molecule has 6 heteroatoms. The predicted molar refractivity (Wildman–Crippen MR) is 85.3 cm³/mol. The van der Waals surface area contributed by atoms with Crippen molar-refractivity contribution in [1.82, 2.24) is 4.98 Å². The molecular formula is C15H16N2O2S2. The van der Waals surface area contributed by atoms with E-state index in [0.717, 1.165) is 18.5 Å². The molecule has 0 unspecified atom stereocenters. The SMILES string of the molecule is O=C(CCC(=O)c1cccs1)Nc1nc2c(s1)CCCC2. The summed E-state index contributed by atoms with van der Waals surface area (Å²) in [6.45, 7) is 0. The first-order valence-corrected chi connectivity index (χ1v) is 8.77. The van der Waals surface area contributed by atoms with Crippen molar-refractivity contribution in [2.24, 2.45) is 0 Å². The van der Waals surface area contributed by atoms with Gasteiger partial charge < -0.3 is 5.32 Å². The average molecular weight is 320 g/mol. The number of hydrogen-bond donors (Lipinski definition) is 1. The number of aryl methyl sites for hydroxylation is 2. The highest BCUT2D eigenvalue weighted by Crippen LogP contribution is 2.29. The Morgan fingerprint density at radius 3 is 2.86 bits per heavy atom. The smallest absolute Gasteiger partial charge is 0.226 e. The van der Waals surface area contributed by atoms with Crippen molar-refractivity contribution in [3.63, 3.8) is 0 Å². The Morgan fingerprint density at radius 1 is 1.24 bits per heavy atom. The van der Waals surface area contributed by atoms with Crippen LogP contribution >= 0.6 is 22.7 Å². The van der Waals surface area contributed by atoms with E-state index in [1.54, 1.807) is 17.4 Å². The maximum absolute atomic E-state index is 11.9. The second kappa shape index (κ2) is 6.49. The van der Waals surface area contributed by atoms with Gasteiger partial charge in [-0.05, 0) is 37.1 Å². The molecule has 1 aliphatic carbocycles. The van der Waals surface area contributed by atoms with Crippen molar-refractivity contribution < 1.29 is 9.59 Å². The molecular weight excluding hydrogens is 304 g/mol. The average Bonchev–Trinajstić information content (AvgIpc) is 3.13. The van der Waals surface area contributed by atoms with Gasteiger partial charge in [0.05, 0.1) is 10.6 Å². The monoisotopic (exact) mass is 320 g/mol. The van der Waals surface area contributed by atoms with E-state index in [1.165, 1.54) is 29.1 Å². The number of fused-ring (bicyclic) bond motifs is 1. The number of nitrogens with one attached hydrogen (secondary N) is 1. The van der Waals surface area contributed by atoms with Crippen LogP contribution in [0.3, 0.4) is 0 Å². The van der Waals surface area contributed by atoms with Gasteiger partial charge in [0, 0.05) is 17.7 Å². The maximum Gasteiger partial charge on any atom is 0.226 e. The third-order valence-corrected chi connectivity index (χ3v) is 5.45. The van der Waals surface area contributed by atoms with Crippen LogP contribution in [0, 0.1) is 0 Å². The zero-order valence-corrected chi connectivity index (χ0v) is 13.2. The molecule has 110 valence electrons. The minimum atomic E-state index is -0.133. The van der Waals surface area contributed by atoms with Crippen LogP contribution in [0.1, 0.15) is 45.9 Å². The first kappa shape index (κ1) is 14.4. The summed E-state index contributed by atoms with van der Waals surface area (Å²) in [7, 11) is 0. The lowest BCUT2D eigenvalue weighted by Gasteiger charge is -2.06. The summed E-state index contributed by atoms with van der Waals surface area (Å²) < 4.78 is 0. The quantitative estimate of drug-likeness (QED) is 0.855. The third-order valence-electron chi connectivity index (χ3n) is 3.47. The number of nitrogens with zero attached hydrogens (tertiary/aromatic N) is 1. The van der Waals surface area contributed by atoms with Crippen LogP contribution in [-0.4, -0.2) is 16.7 Å². The Bertz CT molecular complexity index is 623. The van der Waals surface area contributed by atoms with Crippen LogP contribution in [0.25, 0.3) is 0 Å². The number of anilines is 1. The van der Waals surface area contributed by atoms with Gasteiger partial charge in [0.25, 0.3) is 0 Å². The molecule has 2 heterocycles. The highest BCUT2D eigenvalue weighted by molar-refractivity contribution is 7.15. The lowest BCUT2D eigenvalue weighted by Crippen LogP contribution is -2.13. The molecule has 4 nitrogen and oxygen atoms in total. The summed E-state index contributed by atoms with van der Waals surface area (Å²) in [5.74, 6) is -0.107. The van der Waals surface area contributed by atoms with Gasteiger partial charge in [-0.3, -0.25) is 9.59 Å². The molecule has 0 atom stereocenters. The van der Waals surface area contributed by atoms with E-state index in [-0.39, 0.29) is 24.5 Å². The second-order valence-corrected chi connectivity index (χ2v) is 7.08. The van der Waals surface area contributed by atoms with Gasteiger partial charge in [0.1, 0.15) is 0 Å². The van der Waals surface area contributed by atoms with Crippen molar-refractivity contribution in [3.05, 3.63) is 33.0 Å². The number of amides is 1. The van der Waals surface area contributed by atoms with E-state index in [2.05, 4.69) is 10.3 Å². The highest BCUT2D eigenvalue weighted by Gasteiger charge is 2.17. The van der Waals surface area contributed by atoms with Crippen LogP contribution < -0.4 is 5.32 Å². The first-order chi connectivity index (χ1) is 10.2. The van der Waals surface area contributed by atoms with Crippen molar-refractivity contribution in [3.8, 4) is 0 Å². The second-order valence-electron chi connectivity index (χ2n) is 5.04. The Balaban J connectivity index is 1.52. The molecule has 0 bridgehead atoms. The minimum Gasteiger partial charge on any atom is -0.302 e. The van der Waals surface area contributed by atoms with Crippen molar-refractivity contribution in [2.75, 3.05) is 5.32 Å². The van der Waals surface area contributed by atoms with E-state index in [0.29, 0.717) is 10.0 Å². The molecule has 1 amide bonds. The molecule has 0 spiro atoms. The van der Waals surface area contributed by atoms with Gasteiger partial charge in [0.15, 0.2) is 10.9 Å². The van der Waals surface area contributed by atoms with Gasteiger partial charge >= 0.3 is 0 Å². The van der Waals surface area contributed by atoms with Crippen LogP contribution in [0.15, 0.2) is 17.5 Å². The molecule has 2 aromatic rings. The Morgan fingerprint density at radius 2 is 2.10 bits per heavy atom. The summed E-state index contributed by atoms with van der Waals surface area (Å²) in [6, 6.07) is 3.64. The fourth-order valence-corrected chi connectivity index (χ4v) is 4.14. The Hall–Kier alpha value is -1.53. The topological polar surface area (TPSA) is 59.1 Å². The summed E-state index contributed by atoms with van der Waals surface area (Å²) in [6.07, 6.45) is 4.92. The summed E-state index contributed by atoms with van der Waals surface area (Å²) >= 11 is 2.98. The third kappa shape index (κ3) is 3.57. The predicted octanol–water partition coefficient (Wildman–Crippen LogP) is 3.69. The van der Waals surface area contributed by atoms with Gasteiger partial charge in [0.2, 0.25) is 5.91 Å². The molecule has 0 saturated carbocycles. The van der Waals surface area contributed by atoms with E-state index < -0.39 is 0 Å². The van der Waals surface area contributed by atoms with Crippen LogP contribution in [-0.2, 0) is 17.6 Å². The number of Topliss-reactive ketones (excluding diaryl/α,β-unsaturated/α-hetero) is 1. The van der Waals surface area contributed by atoms with Crippen molar-refractivity contribution in [2.45, 2.75) is 38.5 Å². The standard InChI is InChI=1S/C15H16N2O2S2/c18-11(13-6-3-9-20-13)7-8-14(19)17-15-16-10-4-1-2-5-12(10)21-15/h3,6,9H,1-2,4-5,7-8H2,(H,16,17,19). The molecule has 0 aliphatic heterocycles. The molecule has 0 saturated heterocycles. The number of aromatic nitrogens is 1. The molecule has 3 rings (SSSR count). The number of carbonyl (C=O) groups excluding carboxylic acids is 2. The minimum absolute atomic E-state index is 0.0265. The molecule has 1 N–H and O–H groups in total. The fraction of sp³-hybridized carbons (Fsp3) is 0.400. The largest absolute Gasteiger partial charge is 0.302 e. The first-order valence-electron chi connectivity index (χ1n) is 7.07. The van der Waals surface area contributed by atoms with E-state index >= 15 is 0 Å². The summed E-state index contributed by atoms with van der Waals surface area (Å²) in [4.78, 5) is 30.2. The Kier molecular flexibility index (Phi) is 4.45. The number of thiophene rings is 1. The lowest BCUT2D eigenvalue weighted by atomic mass is 10.0. The molecule has 0 radical (unpaired) electrons. The molecule has 21 heavy (non-hydrogen) atoms.